The van der Waals surface area contributed by atoms with E-state index in [9.17, 15) is 14.4 Å². The summed E-state index contributed by atoms with van der Waals surface area (Å²) in [6.45, 7) is 5.48. The van der Waals surface area contributed by atoms with Gasteiger partial charge in [0.15, 0.2) is 11.9 Å². The van der Waals surface area contributed by atoms with Gasteiger partial charge in [0.2, 0.25) is 5.91 Å². The number of hydrogen-bond donors (Lipinski definition) is 2. The minimum atomic E-state index is -0.730. The molecule has 0 spiro atoms. The summed E-state index contributed by atoms with van der Waals surface area (Å²) < 4.78 is 5.46. The number of thioether (sulfide) groups is 1. The molecule has 1 aliphatic heterocycles. The standard InChI is InChI=1S/C20H19N3O4S2/c1-9-11(3)28-20-16(9)19(26)22-17(23-20)10(2)27-15(24)8-14-18(25)21-12-6-4-5-7-13(12)29-14/h4-7,10,14H,8H2,1-3H3,(H,21,25)(H,22,23,26)/t10-,14-/m0/s1. The number of hydrogen-bond acceptors (Lipinski definition) is 7. The number of H-pyrrole nitrogens is 1. The van der Waals surface area contributed by atoms with Crippen molar-refractivity contribution in [2.24, 2.45) is 0 Å². The maximum absolute atomic E-state index is 12.4. The third-order valence-electron chi connectivity index (χ3n) is 4.81. The molecule has 2 aromatic heterocycles. The minimum absolute atomic E-state index is 0.0706. The van der Waals surface area contributed by atoms with E-state index in [1.54, 1.807) is 6.92 Å². The Balaban J connectivity index is 1.47. The smallest absolute Gasteiger partial charge is 0.308 e. The molecular weight excluding hydrogens is 410 g/mol. The zero-order valence-electron chi connectivity index (χ0n) is 16.1. The van der Waals surface area contributed by atoms with Crippen LogP contribution in [0.25, 0.3) is 10.2 Å². The molecule has 4 rings (SSSR count). The summed E-state index contributed by atoms with van der Waals surface area (Å²) in [6, 6.07) is 7.45. The Morgan fingerprint density at radius 1 is 1.28 bits per heavy atom. The molecule has 2 atom stereocenters. The number of benzene rings is 1. The summed E-state index contributed by atoms with van der Waals surface area (Å²) in [5.41, 5.74) is 1.42. The van der Waals surface area contributed by atoms with Crippen LogP contribution < -0.4 is 10.9 Å². The molecule has 0 saturated carbocycles. The van der Waals surface area contributed by atoms with E-state index >= 15 is 0 Å². The van der Waals surface area contributed by atoms with Crippen molar-refractivity contribution in [2.75, 3.05) is 5.32 Å². The summed E-state index contributed by atoms with van der Waals surface area (Å²) in [7, 11) is 0. The Bertz CT molecular complexity index is 1180. The van der Waals surface area contributed by atoms with E-state index in [4.69, 9.17) is 4.74 Å². The Morgan fingerprint density at radius 3 is 2.83 bits per heavy atom. The topological polar surface area (TPSA) is 101 Å². The van der Waals surface area contributed by atoms with Crippen molar-refractivity contribution < 1.29 is 14.3 Å². The molecule has 0 bridgehead atoms. The second kappa shape index (κ2) is 7.64. The van der Waals surface area contributed by atoms with E-state index < -0.39 is 17.3 Å². The first-order chi connectivity index (χ1) is 13.8. The van der Waals surface area contributed by atoms with Gasteiger partial charge in [0.25, 0.3) is 5.56 Å². The van der Waals surface area contributed by atoms with Gasteiger partial charge in [0, 0.05) is 9.77 Å². The van der Waals surface area contributed by atoms with Gasteiger partial charge in [-0.05, 0) is 38.5 Å². The molecule has 0 fully saturated rings. The van der Waals surface area contributed by atoms with Gasteiger partial charge >= 0.3 is 5.97 Å². The number of aryl methyl sites for hydroxylation is 2. The van der Waals surface area contributed by atoms with Crippen LogP contribution in [0.2, 0.25) is 0 Å². The van der Waals surface area contributed by atoms with Gasteiger partial charge in [0.05, 0.1) is 22.7 Å². The lowest BCUT2D eigenvalue weighted by Gasteiger charge is -2.23. The fraction of sp³-hybridized carbons (Fsp3) is 0.300. The maximum Gasteiger partial charge on any atom is 0.308 e. The first-order valence-electron chi connectivity index (χ1n) is 9.09. The second-order valence-electron chi connectivity index (χ2n) is 6.84. The molecule has 1 aliphatic rings. The molecule has 9 heteroatoms. The fourth-order valence-electron chi connectivity index (χ4n) is 3.14. The van der Waals surface area contributed by atoms with Crippen molar-refractivity contribution in [3.8, 4) is 0 Å². The molecule has 0 saturated heterocycles. The van der Waals surface area contributed by atoms with Gasteiger partial charge in [-0.1, -0.05) is 12.1 Å². The first kappa shape index (κ1) is 19.7. The number of esters is 1. The molecule has 3 aromatic rings. The Kier molecular flexibility index (Phi) is 5.18. The van der Waals surface area contributed by atoms with E-state index in [0.717, 1.165) is 21.0 Å². The van der Waals surface area contributed by atoms with E-state index in [1.807, 2.05) is 38.1 Å². The van der Waals surface area contributed by atoms with Gasteiger partial charge in [-0.3, -0.25) is 14.4 Å². The van der Waals surface area contributed by atoms with Crippen molar-refractivity contribution in [1.29, 1.82) is 0 Å². The molecule has 1 aromatic carbocycles. The van der Waals surface area contributed by atoms with Crippen LogP contribution in [0.3, 0.4) is 0 Å². The molecule has 0 radical (unpaired) electrons. The number of nitrogens with zero attached hydrogens (tertiary/aromatic N) is 1. The van der Waals surface area contributed by atoms with Gasteiger partial charge in [-0.25, -0.2) is 4.98 Å². The van der Waals surface area contributed by atoms with Crippen LogP contribution in [0, 0.1) is 13.8 Å². The molecule has 1 amide bonds. The number of carbonyl (C=O) groups excluding carboxylic acids is 2. The summed E-state index contributed by atoms with van der Waals surface area (Å²) in [5.74, 6) is -0.454. The molecular formula is C20H19N3O4S2. The number of amides is 1. The summed E-state index contributed by atoms with van der Waals surface area (Å²) in [6.07, 6.45) is -0.801. The summed E-state index contributed by atoms with van der Waals surface area (Å²) in [4.78, 5) is 46.9. The van der Waals surface area contributed by atoms with Crippen LogP contribution in [0.1, 0.15) is 35.7 Å². The average Bonchev–Trinajstić information content (AvgIpc) is 2.96. The monoisotopic (exact) mass is 429 g/mol. The molecule has 0 unspecified atom stereocenters. The summed E-state index contributed by atoms with van der Waals surface area (Å²) >= 11 is 2.78. The van der Waals surface area contributed by atoms with Crippen molar-refractivity contribution in [1.82, 2.24) is 9.97 Å². The molecule has 0 aliphatic carbocycles. The normalized spacial score (nSPS) is 16.9. The van der Waals surface area contributed by atoms with Crippen LogP contribution in [-0.4, -0.2) is 27.1 Å². The predicted molar refractivity (Wildman–Crippen MR) is 114 cm³/mol. The maximum atomic E-state index is 12.4. The van der Waals surface area contributed by atoms with Gasteiger partial charge in [-0.15, -0.1) is 23.1 Å². The zero-order chi connectivity index (χ0) is 20.7. The first-order valence-corrected chi connectivity index (χ1v) is 10.8. The van der Waals surface area contributed by atoms with E-state index in [1.165, 1.54) is 23.1 Å². The third-order valence-corrected chi connectivity index (χ3v) is 7.19. The number of carbonyl (C=O) groups is 2. The second-order valence-corrected chi connectivity index (χ2v) is 9.29. The molecule has 7 nitrogen and oxygen atoms in total. The van der Waals surface area contributed by atoms with Crippen molar-refractivity contribution >= 4 is 50.9 Å². The number of nitrogens with one attached hydrogen (secondary N) is 2. The highest BCUT2D eigenvalue weighted by Crippen LogP contribution is 2.37. The zero-order valence-corrected chi connectivity index (χ0v) is 17.7. The lowest BCUT2D eigenvalue weighted by molar-refractivity contribution is -0.149. The highest BCUT2D eigenvalue weighted by Gasteiger charge is 2.30. The molecule has 150 valence electrons. The lowest BCUT2D eigenvalue weighted by Crippen LogP contribution is -2.31. The van der Waals surface area contributed by atoms with Crippen LogP contribution in [0.15, 0.2) is 34.0 Å². The van der Waals surface area contributed by atoms with E-state index in [0.29, 0.717) is 16.0 Å². The highest BCUT2D eigenvalue weighted by molar-refractivity contribution is 8.01. The molecule has 29 heavy (non-hydrogen) atoms. The molecule has 2 N–H and O–H groups in total. The largest absolute Gasteiger partial charge is 0.454 e. The van der Waals surface area contributed by atoms with Crippen molar-refractivity contribution in [2.45, 2.75) is 43.4 Å². The number of aromatic amines is 1. The number of fused-ring (bicyclic) bond motifs is 2. The van der Waals surface area contributed by atoms with Crippen LogP contribution in [0.5, 0.6) is 0 Å². The molecule has 3 heterocycles. The number of thiophene rings is 1. The van der Waals surface area contributed by atoms with E-state index in [-0.39, 0.29) is 17.9 Å². The number of rotatable bonds is 4. The summed E-state index contributed by atoms with van der Waals surface area (Å²) in [5, 5.41) is 2.81. The lowest BCUT2D eigenvalue weighted by atomic mass is 10.2. The predicted octanol–water partition coefficient (Wildman–Crippen LogP) is 3.71. The quantitative estimate of drug-likeness (QED) is 0.613. The van der Waals surface area contributed by atoms with Crippen molar-refractivity contribution in [3.63, 3.8) is 0 Å². The fourth-order valence-corrected chi connectivity index (χ4v) is 5.28. The average molecular weight is 430 g/mol. The number of aromatic nitrogens is 2. The number of para-hydroxylation sites is 1. The third kappa shape index (κ3) is 3.79. The number of anilines is 1. The van der Waals surface area contributed by atoms with Crippen LogP contribution in [-0.2, 0) is 14.3 Å². The van der Waals surface area contributed by atoms with Gasteiger partial charge in [-0.2, -0.15) is 0 Å². The van der Waals surface area contributed by atoms with Crippen molar-refractivity contribution in [3.05, 3.63) is 50.9 Å². The van der Waals surface area contributed by atoms with Crippen LogP contribution >= 0.6 is 23.1 Å². The minimum Gasteiger partial charge on any atom is -0.454 e. The number of ether oxygens (including phenoxy) is 1. The SMILES string of the molecule is Cc1sc2nc([C@H](C)OC(=O)C[C@@H]3Sc4ccccc4NC3=O)[nH]c(=O)c2c1C. The Labute approximate surface area is 174 Å². The van der Waals surface area contributed by atoms with Gasteiger partial charge < -0.3 is 15.0 Å². The highest BCUT2D eigenvalue weighted by atomic mass is 32.2. The van der Waals surface area contributed by atoms with Crippen LogP contribution in [0.4, 0.5) is 5.69 Å². The Morgan fingerprint density at radius 2 is 2.03 bits per heavy atom. The van der Waals surface area contributed by atoms with E-state index in [2.05, 4.69) is 15.3 Å². The Hall–Kier alpha value is -2.65. The van der Waals surface area contributed by atoms with Gasteiger partial charge in [0.1, 0.15) is 4.83 Å².